The normalized spacial score (nSPS) is 9.88. The summed E-state index contributed by atoms with van der Waals surface area (Å²) in [4.78, 5) is 11.3. The van der Waals surface area contributed by atoms with Crippen molar-refractivity contribution >= 4 is 11.6 Å². The second-order valence-electron chi connectivity index (χ2n) is 3.09. The van der Waals surface area contributed by atoms with Crippen molar-refractivity contribution in [2.45, 2.75) is 0 Å². The lowest BCUT2D eigenvalue weighted by atomic mass is 10.3. The first-order valence-corrected chi connectivity index (χ1v) is 4.70. The van der Waals surface area contributed by atoms with E-state index in [1.54, 1.807) is 6.08 Å². The Kier molecular flexibility index (Phi) is 4.60. The zero-order valence-electron chi connectivity index (χ0n) is 8.59. The molecule has 0 saturated heterocycles. The van der Waals surface area contributed by atoms with Gasteiger partial charge in [-0.25, -0.2) is 8.78 Å². The molecular formula is C11H12F2N2O. The molecule has 0 spiro atoms. The number of carbonyl (C=O) groups is 1. The van der Waals surface area contributed by atoms with Crippen LogP contribution in [-0.2, 0) is 4.79 Å². The van der Waals surface area contributed by atoms with E-state index in [1.807, 2.05) is 0 Å². The largest absolute Gasteiger partial charge is 0.322 e. The SMILES string of the molecule is C=CCNCC(=O)Nc1cc(F)ccc1F. The lowest BCUT2D eigenvalue weighted by molar-refractivity contribution is -0.115. The minimum atomic E-state index is -0.668. The predicted molar refractivity (Wildman–Crippen MR) is 58.1 cm³/mol. The maximum Gasteiger partial charge on any atom is 0.238 e. The molecule has 0 aliphatic rings. The first-order chi connectivity index (χ1) is 7.63. The summed E-state index contributed by atoms with van der Waals surface area (Å²) in [7, 11) is 0. The molecule has 3 nitrogen and oxygen atoms in total. The van der Waals surface area contributed by atoms with Gasteiger partial charge in [0, 0.05) is 12.6 Å². The quantitative estimate of drug-likeness (QED) is 0.592. The Morgan fingerprint density at radius 3 is 2.88 bits per heavy atom. The average molecular weight is 226 g/mol. The molecule has 2 N–H and O–H groups in total. The Bertz CT molecular complexity index is 394. The summed E-state index contributed by atoms with van der Waals surface area (Å²) in [6, 6.07) is 2.88. The van der Waals surface area contributed by atoms with E-state index in [-0.39, 0.29) is 12.2 Å². The van der Waals surface area contributed by atoms with Gasteiger partial charge >= 0.3 is 0 Å². The Morgan fingerprint density at radius 2 is 2.19 bits per heavy atom. The van der Waals surface area contributed by atoms with Crippen LogP contribution in [0.1, 0.15) is 0 Å². The van der Waals surface area contributed by atoms with E-state index < -0.39 is 17.5 Å². The van der Waals surface area contributed by atoms with Crippen molar-refractivity contribution in [1.29, 1.82) is 0 Å². The van der Waals surface area contributed by atoms with Gasteiger partial charge in [-0.05, 0) is 12.1 Å². The molecule has 1 aromatic rings. The molecule has 16 heavy (non-hydrogen) atoms. The van der Waals surface area contributed by atoms with Crippen molar-refractivity contribution in [2.24, 2.45) is 0 Å². The van der Waals surface area contributed by atoms with Crippen LogP contribution in [0.5, 0.6) is 0 Å². The van der Waals surface area contributed by atoms with Gasteiger partial charge in [0.15, 0.2) is 0 Å². The number of nitrogens with one attached hydrogen (secondary N) is 2. The van der Waals surface area contributed by atoms with Crippen LogP contribution >= 0.6 is 0 Å². The summed E-state index contributed by atoms with van der Waals surface area (Å²) in [6.07, 6.45) is 1.59. The van der Waals surface area contributed by atoms with E-state index >= 15 is 0 Å². The van der Waals surface area contributed by atoms with Gasteiger partial charge in [-0.2, -0.15) is 0 Å². The first-order valence-electron chi connectivity index (χ1n) is 4.70. The molecule has 0 heterocycles. The van der Waals surface area contributed by atoms with Crippen LogP contribution in [0.15, 0.2) is 30.9 Å². The van der Waals surface area contributed by atoms with E-state index in [0.717, 1.165) is 18.2 Å². The molecule has 0 bridgehead atoms. The van der Waals surface area contributed by atoms with Gasteiger partial charge in [0.1, 0.15) is 11.6 Å². The highest BCUT2D eigenvalue weighted by atomic mass is 19.1. The van der Waals surface area contributed by atoms with E-state index in [0.29, 0.717) is 6.54 Å². The second-order valence-corrected chi connectivity index (χ2v) is 3.09. The number of halogens is 2. The van der Waals surface area contributed by atoms with E-state index in [2.05, 4.69) is 17.2 Å². The monoisotopic (exact) mass is 226 g/mol. The molecule has 0 aromatic heterocycles. The lowest BCUT2D eigenvalue weighted by Crippen LogP contribution is -2.28. The molecule has 5 heteroatoms. The smallest absolute Gasteiger partial charge is 0.238 e. The fourth-order valence-electron chi connectivity index (χ4n) is 1.08. The van der Waals surface area contributed by atoms with Crippen molar-refractivity contribution in [1.82, 2.24) is 5.32 Å². The molecule has 0 radical (unpaired) electrons. The third-order valence-electron chi connectivity index (χ3n) is 1.78. The third-order valence-corrected chi connectivity index (χ3v) is 1.78. The zero-order valence-corrected chi connectivity index (χ0v) is 8.59. The lowest BCUT2D eigenvalue weighted by Gasteiger charge is -2.06. The van der Waals surface area contributed by atoms with Crippen molar-refractivity contribution in [3.63, 3.8) is 0 Å². The topological polar surface area (TPSA) is 41.1 Å². The molecular weight excluding hydrogens is 214 g/mol. The third kappa shape index (κ3) is 3.78. The number of hydrogen-bond donors (Lipinski definition) is 2. The Labute approximate surface area is 92.2 Å². The Balaban J connectivity index is 2.55. The fourth-order valence-corrected chi connectivity index (χ4v) is 1.08. The minimum absolute atomic E-state index is 0.0158. The first kappa shape index (κ1) is 12.3. The minimum Gasteiger partial charge on any atom is -0.322 e. The molecule has 0 atom stereocenters. The molecule has 0 saturated carbocycles. The van der Waals surface area contributed by atoms with Crippen LogP contribution in [0.4, 0.5) is 14.5 Å². The molecule has 1 rings (SSSR count). The molecule has 86 valence electrons. The number of rotatable bonds is 5. The van der Waals surface area contributed by atoms with Gasteiger partial charge < -0.3 is 10.6 Å². The standard InChI is InChI=1S/C11H12F2N2O/c1-2-5-14-7-11(16)15-10-6-8(12)3-4-9(10)13/h2-4,6,14H,1,5,7H2,(H,15,16). The summed E-state index contributed by atoms with van der Waals surface area (Å²) >= 11 is 0. The maximum atomic E-state index is 13.1. The van der Waals surface area contributed by atoms with Gasteiger partial charge in [-0.15, -0.1) is 6.58 Å². The number of amides is 1. The molecule has 0 aliphatic carbocycles. The van der Waals surface area contributed by atoms with Gasteiger partial charge in [0.25, 0.3) is 0 Å². The van der Waals surface area contributed by atoms with E-state index in [1.165, 1.54) is 0 Å². The highest BCUT2D eigenvalue weighted by Crippen LogP contribution is 2.14. The van der Waals surface area contributed by atoms with Crippen molar-refractivity contribution in [2.75, 3.05) is 18.4 Å². The van der Waals surface area contributed by atoms with Crippen molar-refractivity contribution in [3.05, 3.63) is 42.5 Å². The number of carbonyl (C=O) groups excluding carboxylic acids is 1. The summed E-state index contributed by atoms with van der Waals surface area (Å²) in [6.45, 7) is 3.95. The van der Waals surface area contributed by atoms with Crippen LogP contribution in [0.2, 0.25) is 0 Å². The molecule has 1 aromatic carbocycles. The summed E-state index contributed by atoms with van der Waals surface area (Å²) in [5.74, 6) is -1.71. The van der Waals surface area contributed by atoms with Gasteiger partial charge in [-0.3, -0.25) is 4.79 Å². The second kappa shape index (κ2) is 5.97. The summed E-state index contributed by atoms with van der Waals surface area (Å²) in [5, 5.41) is 5.00. The number of benzene rings is 1. The number of anilines is 1. The molecule has 0 fully saturated rings. The van der Waals surface area contributed by atoms with Crippen LogP contribution in [0.25, 0.3) is 0 Å². The van der Waals surface area contributed by atoms with Crippen molar-refractivity contribution in [3.8, 4) is 0 Å². The van der Waals surface area contributed by atoms with Crippen molar-refractivity contribution < 1.29 is 13.6 Å². The zero-order chi connectivity index (χ0) is 12.0. The highest BCUT2D eigenvalue weighted by molar-refractivity contribution is 5.92. The van der Waals surface area contributed by atoms with Crippen LogP contribution in [-0.4, -0.2) is 19.0 Å². The number of hydrogen-bond acceptors (Lipinski definition) is 2. The van der Waals surface area contributed by atoms with E-state index in [9.17, 15) is 13.6 Å². The molecule has 1 amide bonds. The summed E-state index contributed by atoms with van der Waals surface area (Å²) < 4.78 is 25.9. The highest BCUT2D eigenvalue weighted by Gasteiger charge is 2.07. The van der Waals surface area contributed by atoms with Gasteiger partial charge in [-0.1, -0.05) is 6.08 Å². The molecule has 0 aliphatic heterocycles. The van der Waals surface area contributed by atoms with E-state index in [4.69, 9.17) is 0 Å². The average Bonchev–Trinajstić information content (AvgIpc) is 2.24. The van der Waals surface area contributed by atoms with Crippen LogP contribution in [0.3, 0.4) is 0 Å². The Hall–Kier alpha value is -1.75. The fraction of sp³-hybridized carbons (Fsp3) is 0.182. The predicted octanol–water partition coefficient (Wildman–Crippen LogP) is 1.68. The molecule has 0 unspecified atom stereocenters. The Morgan fingerprint density at radius 1 is 1.44 bits per heavy atom. The van der Waals surface area contributed by atoms with Gasteiger partial charge in [0.05, 0.1) is 12.2 Å². The van der Waals surface area contributed by atoms with Gasteiger partial charge in [0.2, 0.25) is 5.91 Å². The van der Waals surface area contributed by atoms with Crippen LogP contribution in [0, 0.1) is 11.6 Å². The summed E-state index contributed by atoms with van der Waals surface area (Å²) in [5.41, 5.74) is -0.162. The van der Waals surface area contributed by atoms with Crippen LogP contribution < -0.4 is 10.6 Å². The maximum absolute atomic E-state index is 13.1.